The zero-order valence-corrected chi connectivity index (χ0v) is 15.3. The molecule has 1 aromatic carbocycles. The lowest BCUT2D eigenvalue weighted by Gasteiger charge is -2.10. The van der Waals surface area contributed by atoms with Gasteiger partial charge < -0.3 is 9.73 Å². The van der Waals surface area contributed by atoms with E-state index in [0.717, 1.165) is 35.1 Å². The van der Waals surface area contributed by atoms with Gasteiger partial charge in [-0.3, -0.25) is 9.78 Å². The third kappa shape index (κ3) is 3.13. The number of carbonyl (C=O) groups is 1. The summed E-state index contributed by atoms with van der Waals surface area (Å²) >= 11 is 0. The fraction of sp³-hybridized carbons (Fsp3) is 0.182. The summed E-state index contributed by atoms with van der Waals surface area (Å²) in [6, 6.07) is 13.7. The molecule has 138 valence electrons. The Bertz CT molecular complexity index is 1190. The molecule has 0 spiro atoms. The van der Waals surface area contributed by atoms with Crippen LogP contribution in [0.25, 0.3) is 33.6 Å². The van der Waals surface area contributed by atoms with Crippen molar-refractivity contribution in [1.82, 2.24) is 15.0 Å². The molecule has 1 aliphatic carbocycles. The van der Waals surface area contributed by atoms with E-state index in [1.165, 1.54) is 0 Å². The Morgan fingerprint density at radius 2 is 2.00 bits per heavy atom. The van der Waals surface area contributed by atoms with Gasteiger partial charge in [0.25, 0.3) is 0 Å². The monoisotopic (exact) mass is 370 g/mol. The summed E-state index contributed by atoms with van der Waals surface area (Å²) in [5.74, 6) is 1.95. The first-order chi connectivity index (χ1) is 13.7. The Hall–Kier alpha value is -3.54. The summed E-state index contributed by atoms with van der Waals surface area (Å²) in [6.45, 7) is 1.89. The van der Waals surface area contributed by atoms with Crippen molar-refractivity contribution in [2.24, 2.45) is 5.92 Å². The molecule has 6 nitrogen and oxygen atoms in total. The van der Waals surface area contributed by atoms with Crippen molar-refractivity contribution in [3.63, 3.8) is 0 Å². The second kappa shape index (κ2) is 6.56. The molecule has 5 rings (SSSR count). The minimum Gasteiger partial charge on any atom is -0.460 e. The number of carbonyl (C=O) groups excluding carboxylic acids is 1. The summed E-state index contributed by atoms with van der Waals surface area (Å²) in [7, 11) is 0. The molecule has 1 amide bonds. The van der Waals surface area contributed by atoms with Gasteiger partial charge in [-0.25, -0.2) is 9.97 Å². The first-order valence-electron chi connectivity index (χ1n) is 9.27. The van der Waals surface area contributed by atoms with Crippen molar-refractivity contribution < 1.29 is 9.21 Å². The molecule has 0 unspecified atom stereocenters. The van der Waals surface area contributed by atoms with Crippen LogP contribution in [-0.4, -0.2) is 20.9 Å². The number of hydrogen-bond donors (Lipinski definition) is 1. The van der Waals surface area contributed by atoms with Crippen molar-refractivity contribution in [3.8, 4) is 22.7 Å². The van der Waals surface area contributed by atoms with Crippen LogP contribution in [0.5, 0.6) is 0 Å². The maximum Gasteiger partial charge on any atom is 0.228 e. The van der Waals surface area contributed by atoms with E-state index in [0.29, 0.717) is 23.0 Å². The van der Waals surface area contributed by atoms with Crippen LogP contribution >= 0.6 is 0 Å². The number of benzene rings is 1. The Balaban J connectivity index is 1.61. The van der Waals surface area contributed by atoms with E-state index < -0.39 is 0 Å². The topological polar surface area (TPSA) is 80.9 Å². The second-order valence-corrected chi connectivity index (χ2v) is 7.04. The minimum absolute atomic E-state index is 0.000375. The quantitative estimate of drug-likeness (QED) is 0.567. The van der Waals surface area contributed by atoms with E-state index in [1.54, 1.807) is 12.4 Å². The minimum atomic E-state index is 0.000375. The van der Waals surface area contributed by atoms with Crippen LogP contribution in [0.2, 0.25) is 0 Å². The number of nitrogens with one attached hydrogen (secondary N) is 1. The van der Waals surface area contributed by atoms with Crippen LogP contribution in [-0.2, 0) is 4.79 Å². The summed E-state index contributed by atoms with van der Waals surface area (Å²) in [5, 5.41) is 3.89. The Kier molecular flexibility index (Phi) is 3.90. The molecule has 0 atom stereocenters. The number of anilines is 1. The van der Waals surface area contributed by atoms with Crippen LogP contribution in [0.15, 0.2) is 59.3 Å². The molecule has 4 aromatic rings. The molecule has 0 saturated heterocycles. The molecule has 1 N–H and O–H groups in total. The normalized spacial score (nSPS) is 13.6. The molecule has 1 aliphatic rings. The maximum atomic E-state index is 12.1. The number of furan rings is 1. The third-order valence-electron chi connectivity index (χ3n) is 4.82. The van der Waals surface area contributed by atoms with Gasteiger partial charge in [0.05, 0.1) is 17.4 Å². The fourth-order valence-electron chi connectivity index (χ4n) is 3.19. The van der Waals surface area contributed by atoms with Crippen molar-refractivity contribution >= 4 is 22.6 Å². The first-order valence-corrected chi connectivity index (χ1v) is 9.27. The van der Waals surface area contributed by atoms with E-state index in [2.05, 4.69) is 20.3 Å². The van der Waals surface area contributed by atoms with Gasteiger partial charge in [0.15, 0.2) is 11.6 Å². The number of fused-ring (bicyclic) bond motifs is 1. The van der Waals surface area contributed by atoms with Crippen molar-refractivity contribution in [3.05, 3.63) is 60.6 Å². The number of pyridine rings is 1. The molecule has 1 fully saturated rings. The molecule has 1 saturated carbocycles. The highest BCUT2D eigenvalue weighted by molar-refractivity contribution is 5.94. The Labute approximate surface area is 161 Å². The van der Waals surface area contributed by atoms with Gasteiger partial charge in [-0.15, -0.1) is 0 Å². The summed E-state index contributed by atoms with van der Waals surface area (Å²) < 4.78 is 5.81. The largest absolute Gasteiger partial charge is 0.460 e. The first kappa shape index (κ1) is 16.6. The smallest absolute Gasteiger partial charge is 0.228 e. The van der Waals surface area contributed by atoms with Crippen LogP contribution < -0.4 is 5.32 Å². The zero-order valence-electron chi connectivity index (χ0n) is 15.3. The molecular formula is C22H18N4O2. The molecule has 6 heteroatoms. The molecule has 3 aromatic heterocycles. The molecule has 0 radical (unpaired) electrons. The van der Waals surface area contributed by atoms with E-state index >= 15 is 0 Å². The maximum absolute atomic E-state index is 12.1. The third-order valence-corrected chi connectivity index (χ3v) is 4.82. The number of nitrogens with zero attached hydrogens (tertiary/aromatic N) is 3. The number of rotatable bonds is 4. The highest BCUT2D eigenvalue weighted by Crippen LogP contribution is 2.33. The Morgan fingerprint density at radius 1 is 1.11 bits per heavy atom. The summed E-state index contributed by atoms with van der Waals surface area (Å²) in [6.07, 6.45) is 5.25. The second-order valence-electron chi connectivity index (χ2n) is 7.04. The predicted molar refractivity (Wildman–Crippen MR) is 107 cm³/mol. The molecular weight excluding hydrogens is 352 g/mol. The number of aromatic nitrogens is 3. The lowest BCUT2D eigenvalue weighted by atomic mass is 10.1. The standard InChI is InChI=1S/C22H18N4O2/c1-13-4-9-18(28-13)21-20(16-7-8-17-15(11-16)3-2-10-23-17)24-12-19(25-21)26-22(27)14-5-6-14/h2-4,7-12,14H,5-6H2,1H3,(H,25,26,27). The van der Waals surface area contributed by atoms with Gasteiger partial charge in [-0.2, -0.15) is 0 Å². The van der Waals surface area contributed by atoms with Crippen LogP contribution in [0.3, 0.4) is 0 Å². The number of aryl methyl sites for hydroxylation is 1. The van der Waals surface area contributed by atoms with Crippen molar-refractivity contribution in [2.75, 3.05) is 5.32 Å². The van der Waals surface area contributed by atoms with Crippen LogP contribution in [0, 0.1) is 12.8 Å². The van der Waals surface area contributed by atoms with Gasteiger partial charge in [0, 0.05) is 23.1 Å². The van der Waals surface area contributed by atoms with Crippen LogP contribution in [0.4, 0.5) is 5.82 Å². The summed E-state index contributed by atoms with van der Waals surface area (Å²) in [5.41, 5.74) is 3.13. The van der Waals surface area contributed by atoms with E-state index in [4.69, 9.17) is 4.42 Å². The molecule has 3 heterocycles. The average Bonchev–Trinajstić information content (AvgIpc) is 3.49. The lowest BCUT2D eigenvalue weighted by Crippen LogP contribution is -2.15. The van der Waals surface area contributed by atoms with Crippen molar-refractivity contribution in [1.29, 1.82) is 0 Å². The van der Waals surface area contributed by atoms with Gasteiger partial charge >= 0.3 is 0 Å². The van der Waals surface area contributed by atoms with E-state index in [-0.39, 0.29) is 11.8 Å². The zero-order chi connectivity index (χ0) is 19.1. The van der Waals surface area contributed by atoms with Gasteiger partial charge in [0.1, 0.15) is 11.5 Å². The van der Waals surface area contributed by atoms with Gasteiger partial charge in [-0.05, 0) is 50.1 Å². The molecule has 0 bridgehead atoms. The SMILES string of the molecule is Cc1ccc(-c2nc(NC(=O)C3CC3)cnc2-c2ccc3ncccc3c2)o1. The Morgan fingerprint density at radius 3 is 2.79 bits per heavy atom. The van der Waals surface area contributed by atoms with E-state index in [9.17, 15) is 4.79 Å². The number of hydrogen-bond acceptors (Lipinski definition) is 5. The number of amides is 1. The summed E-state index contributed by atoms with van der Waals surface area (Å²) in [4.78, 5) is 25.8. The predicted octanol–water partition coefficient (Wildman–Crippen LogP) is 4.61. The lowest BCUT2D eigenvalue weighted by molar-refractivity contribution is -0.117. The molecule has 28 heavy (non-hydrogen) atoms. The highest BCUT2D eigenvalue weighted by Gasteiger charge is 2.30. The van der Waals surface area contributed by atoms with Gasteiger partial charge in [-0.1, -0.05) is 12.1 Å². The fourth-order valence-corrected chi connectivity index (χ4v) is 3.19. The van der Waals surface area contributed by atoms with Crippen molar-refractivity contribution in [2.45, 2.75) is 19.8 Å². The molecule has 0 aliphatic heterocycles. The average molecular weight is 370 g/mol. The van der Waals surface area contributed by atoms with E-state index in [1.807, 2.05) is 49.4 Å². The highest BCUT2D eigenvalue weighted by atomic mass is 16.3. The van der Waals surface area contributed by atoms with Gasteiger partial charge in [0.2, 0.25) is 5.91 Å². The van der Waals surface area contributed by atoms with Crippen LogP contribution in [0.1, 0.15) is 18.6 Å².